The first-order valence-electron chi connectivity index (χ1n) is 8.47. The second kappa shape index (κ2) is 4.82. The Morgan fingerprint density at radius 3 is 1.00 bits per heavy atom. The van der Waals surface area contributed by atoms with E-state index in [0.717, 1.165) is 0 Å². The molecule has 0 nitrogen and oxygen atoms in total. The normalized spacial score (nSPS) is 11.8. The van der Waals surface area contributed by atoms with E-state index in [2.05, 4.69) is 86.6 Å². The molecule has 5 aromatic carbocycles. The van der Waals surface area contributed by atoms with Crippen LogP contribution in [-0.2, 0) is 0 Å². The van der Waals surface area contributed by atoms with Gasteiger partial charge in [0.2, 0.25) is 0 Å². The second-order valence-electron chi connectivity index (χ2n) is 6.73. The largest absolute Gasteiger partial charge is 0.0613 e. The molecule has 0 amide bonds. The molecule has 5 rings (SSSR count). The van der Waals surface area contributed by atoms with Gasteiger partial charge >= 0.3 is 0 Å². The van der Waals surface area contributed by atoms with Gasteiger partial charge in [-0.05, 0) is 68.1 Å². The molecule has 0 saturated carbocycles. The van der Waals surface area contributed by atoms with Crippen LogP contribution in [0.4, 0.5) is 0 Å². The SMILES string of the molecule is Cc1cccc2c1ccc1c2ccc2c3cccc(C)c3ccc21. The maximum Gasteiger partial charge on any atom is -0.00987 e. The summed E-state index contributed by atoms with van der Waals surface area (Å²) in [5.41, 5.74) is 2.67. The fraction of sp³-hybridized carbons (Fsp3) is 0.0833. The lowest BCUT2D eigenvalue weighted by molar-refractivity contribution is 1.54. The molecule has 0 unspecified atom stereocenters. The van der Waals surface area contributed by atoms with Crippen LogP contribution in [0.25, 0.3) is 43.1 Å². The highest BCUT2D eigenvalue weighted by Gasteiger charge is 2.08. The van der Waals surface area contributed by atoms with E-state index in [9.17, 15) is 0 Å². The Kier molecular flexibility index (Phi) is 2.72. The van der Waals surface area contributed by atoms with Crippen LogP contribution in [0.2, 0.25) is 0 Å². The zero-order valence-electron chi connectivity index (χ0n) is 13.9. The number of hydrogen-bond acceptors (Lipinski definition) is 0. The molecule has 0 radical (unpaired) electrons. The van der Waals surface area contributed by atoms with E-state index in [4.69, 9.17) is 0 Å². The Balaban J connectivity index is 2.01. The number of rotatable bonds is 0. The van der Waals surface area contributed by atoms with E-state index in [1.165, 1.54) is 54.2 Å². The molecular weight excluding hydrogens is 288 g/mol. The highest BCUT2D eigenvalue weighted by Crippen LogP contribution is 2.35. The van der Waals surface area contributed by atoms with Gasteiger partial charge in [0.05, 0.1) is 0 Å². The zero-order chi connectivity index (χ0) is 16.3. The zero-order valence-corrected chi connectivity index (χ0v) is 13.9. The van der Waals surface area contributed by atoms with Crippen molar-refractivity contribution in [3.8, 4) is 0 Å². The van der Waals surface area contributed by atoms with E-state index < -0.39 is 0 Å². The van der Waals surface area contributed by atoms with Gasteiger partial charge in [0.15, 0.2) is 0 Å². The Bertz CT molecular complexity index is 1160. The number of aryl methyl sites for hydroxylation is 2. The molecule has 0 N–H and O–H groups in total. The third-order valence-electron chi connectivity index (χ3n) is 5.35. The van der Waals surface area contributed by atoms with Gasteiger partial charge in [-0.25, -0.2) is 0 Å². The van der Waals surface area contributed by atoms with Crippen molar-refractivity contribution in [1.29, 1.82) is 0 Å². The molecular formula is C24H18. The van der Waals surface area contributed by atoms with E-state index >= 15 is 0 Å². The van der Waals surface area contributed by atoms with E-state index in [0.29, 0.717) is 0 Å². The van der Waals surface area contributed by atoms with Crippen LogP contribution in [0.5, 0.6) is 0 Å². The molecule has 0 spiro atoms. The van der Waals surface area contributed by atoms with Crippen molar-refractivity contribution in [2.75, 3.05) is 0 Å². The highest BCUT2D eigenvalue weighted by molar-refractivity contribution is 6.22. The maximum atomic E-state index is 2.29. The van der Waals surface area contributed by atoms with Gasteiger partial charge in [0.1, 0.15) is 0 Å². The molecule has 0 aliphatic rings. The van der Waals surface area contributed by atoms with Crippen molar-refractivity contribution in [2.45, 2.75) is 13.8 Å². The monoisotopic (exact) mass is 306 g/mol. The molecule has 114 valence electrons. The summed E-state index contributed by atoms with van der Waals surface area (Å²) >= 11 is 0. The van der Waals surface area contributed by atoms with Crippen LogP contribution in [0.3, 0.4) is 0 Å². The number of hydrogen-bond donors (Lipinski definition) is 0. The second-order valence-corrected chi connectivity index (χ2v) is 6.73. The predicted molar refractivity (Wildman–Crippen MR) is 106 cm³/mol. The molecule has 0 bridgehead atoms. The summed E-state index contributed by atoms with van der Waals surface area (Å²) in [5.74, 6) is 0. The smallest absolute Gasteiger partial charge is 0.00987 e. The van der Waals surface area contributed by atoms with Gasteiger partial charge in [-0.1, -0.05) is 72.8 Å². The van der Waals surface area contributed by atoms with Gasteiger partial charge < -0.3 is 0 Å². The Labute approximate surface area is 141 Å². The van der Waals surface area contributed by atoms with Gasteiger partial charge in [-0.2, -0.15) is 0 Å². The molecule has 0 aliphatic carbocycles. The molecule has 0 heterocycles. The van der Waals surface area contributed by atoms with Gasteiger partial charge in [0, 0.05) is 0 Å². The summed E-state index contributed by atoms with van der Waals surface area (Å²) in [6, 6.07) is 26.9. The van der Waals surface area contributed by atoms with Crippen molar-refractivity contribution in [3.63, 3.8) is 0 Å². The Morgan fingerprint density at radius 2 is 0.625 bits per heavy atom. The van der Waals surface area contributed by atoms with Crippen molar-refractivity contribution < 1.29 is 0 Å². The lowest BCUT2D eigenvalue weighted by atomic mass is 9.92. The quantitative estimate of drug-likeness (QED) is 0.272. The first-order chi connectivity index (χ1) is 11.7. The number of fused-ring (bicyclic) bond motifs is 7. The molecule has 0 aliphatic heterocycles. The van der Waals surface area contributed by atoms with Crippen LogP contribution in [0, 0.1) is 13.8 Å². The summed E-state index contributed by atoms with van der Waals surface area (Å²) < 4.78 is 0. The third kappa shape index (κ3) is 1.74. The number of benzene rings is 5. The molecule has 0 atom stereocenters. The topological polar surface area (TPSA) is 0 Å². The van der Waals surface area contributed by atoms with E-state index in [-0.39, 0.29) is 0 Å². The maximum absolute atomic E-state index is 2.29. The molecule has 0 heteroatoms. The standard InChI is InChI=1S/C24H18/c1-15-5-3-7-19-17(15)9-11-23-21(19)13-14-22-20-8-4-6-16(2)18(20)10-12-24(22)23/h3-14H,1-2H3. The first-order valence-corrected chi connectivity index (χ1v) is 8.47. The lowest BCUT2D eigenvalue weighted by Crippen LogP contribution is -1.85. The van der Waals surface area contributed by atoms with E-state index in [1.807, 2.05) is 0 Å². The predicted octanol–water partition coefficient (Wildman–Crippen LogP) is 6.92. The average molecular weight is 306 g/mol. The molecule has 0 aromatic heterocycles. The molecule has 0 fully saturated rings. The van der Waals surface area contributed by atoms with Crippen LogP contribution in [-0.4, -0.2) is 0 Å². The van der Waals surface area contributed by atoms with Crippen LogP contribution < -0.4 is 0 Å². The summed E-state index contributed by atoms with van der Waals surface area (Å²) in [6.07, 6.45) is 0. The van der Waals surface area contributed by atoms with Gasteiger partial charge in [-0.15, -0.1) is 0 Å². The Hall–Kier alpha value is -2.86. The van der Waals surface area contributed by atoms with Crippen molar-refractivity contribution in [1.82, 2.24) is 0 Å². The van der Waals surface area contributed by atoms with Crippen molar-refractivity contribution in [3.05, 3.63) is 83.9 Å². The van der Waals surface area contributed by atoms with Crippen molar-refractivity contribution >= 4 is 43.1 Å². The first kappa shape index (κ1) is 13.6. The summed E-state index contributed by atoms with van der Waals surface area (Å²) in [6.45, 7) is 4.37. The summed E-state index contributed by atoms with van der Waals surface area (Å²) in [5, 5.41) is 10.8. The van der Waals surface area contributed by atoms with Crippen LogP contribution in [0.1, 0.15) is 11.1 Å². The summed E-state index contributed by atoms with van der Waals surface area (Å²) in [7, 11) is 0. The van der Waals surface area contributed by atoms with Crippen molar-refractivity contribution in [2.24, 2.45) is 0 Å². The van der Waals surface area contributed by atoms with E-state index in [1.54, 1.807) is 0 Å². The minimum absolute atomic E-state index is 1.34. The molecule has 5 aromatic rings. The van der Waals surface area contributed by atoms with Crippen LogP contribution in [0.15, 0.2) is 72.8 Å². The lowest BCUT2D eigenvalue weighted by Gasteiger charge is -2.11. The molecule has 0 saturated heterocycles. The van der Waals surface area contributed by atoms with Crippen LogP contribution >= 0.6 is 0 Å². The molecule has 24 heavy (non-hydrogen) atoms. The minimum Gasteiger partial charge on any atom is -0.0613 e. The van der Waals surface area contributed by atoms with Gasteiger partial charge in [0.25, 0.3) is 0 Å². The fourth-order valence-electron chi connectivity index (χ4n) is 4.07. The Morgan fingerprint density at radius 1 is 0.333 bits per heavy atom. The minimum atomic E-state index is 1.34. The average Bonchev–Trinajstić information content (AvgIpc) is 2.61. The fourth-order valence-corrected chi connectivity index (χ4v) is 4.07. The van der Waals surface area contributed by atoms with Gasteiger partial charge in [-0.3, -0.25) is 0 Å². The third-order valence-corrected chi connectivity index (χ3v) is 5.35. The highest BCUT2D eigenvalue weighted by atomic mass is 14.1. The summed E-state index contributed by atoms with van der Waals surface area (Å²) in [4.78, 5) is 0.